The highest BCUT2D eigenvalue weighted by molar-refractivity contribution is 9.13. The van der Waals surface area contributed by atoms with Crippen LogP contribution >= 0.6 is 66.4 Å². The molecule has 0 saturated heterocycles. The van der Waals surface area contributed by atoms with Crippen molar-refractivity contribution in [2.45, 2.75) is 5.38 Å². The van der Waals surface area contributed by atoms with Crippen molar-refractivity contribution in [2.75, 3.05) is 13.2 Å². The number of ether oxygens (including phenoxy) is 2. The van der Waals surface area contributed by atoms with Gasteiger partial charge in [0.05, 0.1) is 9.16 Å². The minimum absolute atomic E-state index is 0.328. The summed E-state index contributed by atoms with van der Waals surface area (Å²) in [6.07, 6.45) is 0. The molecule has 2 aromatic rings. The van der Waals surface area contributed by atoms with Gasteiger partial charge in [-0.3, -0.25) is 0 Å². The van der Waals surface area contributed by atoms with Gasteiger partial charge in [-0.15, -0.1) is 22.9 Å². The van der Waals surface area contributed by atoms with Crippen molar-refractivity contribution in [2.24, 2.45) is 0 Å². The summed E-state index contributed by atoms with van der Waals surface area (Å²) >= 11 is 21.4. The Morgan fingerprint density at radius 2 is 1.75 bits per heavy atom. The van der Waals surface area contributed by atoms with Gasteiger partial charge in [0.1, 0.15) is 13.2 Å². The van der Waals surface area contributed by atoms with Gasteiger partial charge in [-0.1, -0.05) is 11.6 Å². The third kappa shape index (κ3) is 2.83. The zero-order chi connectivity index (χ0) is 14.3. The van der Waals surface area contributed by atoms with Crippen molar-refractivity contribution >= 4 is 66.4 Å². The van der Waals surface area contributed by atoms with Crippen LogP contribution in [0.1, 0.15) is 15.8 Å². The SMILES string of the molecule is Clc1cc2c(cc1C(Cl)c1cc(Br)c(Br)s1)OCCO2. The van der Waals surface area contributed by atoms with E-state index < -0.39 is 0 Å². The van der Waals surface area contributed by atoms with Gasteiger partial charge < -0.3 is 9.47 Å². The second kappa shape index (κ2) is 6.05. The maximum atomic E-state index is 6.55. The molecule has 1 aliphatic rings. The molecule has 0 aliphatic carbocycles. The first kappa shape index (κ1) is 15.0. The molecule has 1 aromatic carbocycles. The van der Waals surface area contributed by atoms with Crippen LogP contribution in [-0.2, 0) is 0 Å². The molecule has 0 N–H and O–H groups in total. The summed E-state index contributed by atoms with van der Waals surface area (Å²) in [4.78, 5) is 1.00. The number of rotatable bonds is 2. The van der Waals surface area contributed by atoms with Gasteiger partial charge in [0.2, 0.25) is 0 Å². The van der Waals surface area contributed by atoms with E-state index >= 15 is 0 Å². The fraction of sp³-hybridized carbons (Fsp3) is 0.231. The summed E-state index contributed by atoms with van der Waals surface area (Å²) < 4.78 is 13.1. The van der Waals surface area contributed by atoms with Crippen molar-refractivity contribution in [1.82, 2.24) is 0 Å². The Morgan fingerprint density at radius 3 is 2.35 bits per heavy atom. The van der Waals surface area contributed by atoms with Crippen molar-refractivity contribution in [3.63, 3.8) is 0 Å². The van der Waals surface area contributed by atoms with E-state index in [9.17, 15) is 0 Å². The van der Waals surface area contributed by atoms with Gasteiger partial charge in [0.15, 0.2) is 11.5 Å². The molecule has 0 radical (unpaired) electrons. The van der Waals surface area contributed by atoms with E-state index in [0.29, 0.717) is 29.7 Å². The molecule has 2 nitrogen and oxygen atoms in total. The van der Waals surface area contributed by atoms with Gasteiger partial charge in [0, 0.05) is 20.4 Å². The average molecular weight is 459 g/mol. The van der Waals surface area contributed by atoms with Crippen LogP contribution in [0.25, 0.3) is 0 Å². The van der Waals surface area contributed by atoms with Crippen LogP contribution in [-0.4, -0.2) is 13.2 Å². The van der Waals surface area contributed by atoms with Gasteiger partial charge in [0.25, 0.3) is 0 Å². The number of hydrogen-bond acceptors (Lipinski definition) is 3. The molecule has 20 heavy (non-hydrogen) atoms. The van der Waals surface area contributed by atoms with Crippen molar-refractivity contribution < 1.29 is 9.47 Å². The molecule has 1 aliphatic heterocycles. The fourth-order valence-corrected chi connectivity index (χ4v) is 4.70. The highest BCUT2D eigenvalue weighted by atomic mass is 79.9. The fourth-order valence-electron chi connectivity index (χ4n) is 1.92. The van der Waals surface area contributed by atoms with Crippen molar-refractivity contribution in [1.29, 1.82) is 0 Å². The molecule has 2 heterocycles. The second-order valence-electron chi connectivity index (χ2n) is 4.15. The summed E-state index contributed by atoms with van der Waals surface area (Å²) in [5.41, 5.74) is 0.818. The topological polar surface area (TPSA) is 18.5 Å². The standard InChI is InChI=1S/C13H8Br2Cl2O2S/c14-7-4-11(20-13(7)15)12(17)6-3-9-10(5-8(6)16)19-2-1-18-9/h3-5,12H,1-2H2. The molecule has 1 aromatic heterocycles. The van der Waals surface area contributed by atoms with E-state index in [2.05, 4.69) is 31.9 Å². The molecule has 0 saturated carbocycles. The average Bonchev–Trinajstić information content (AvgIpc) is 2.77. The zero-order valence-electron chi connectivity index (χ0n) is 9.96. The van der Waals surface area contributed by atoms with E-state index in [1.807, 2.05) is 12.1 Å². The predicted molar refractivity (Wildman–Crippen MR) is 89.9 cm³/mol. The molecule has 0 amide bonds. The second-order valence-corrected chi connectivity index (χ2v) is 8.25. The summed E-state index contributed by atoms with van der Waals surface area (Å²) in [7, 11) is 0. The summed E-state index contributed by atoms with van der Waals surface area (Å²) in [5, 5.41) is 0.251. The minimum Gasteiger partial charge on any atom is -0.486 e. The molecule has 0 spiro atoms. The van der Waals surface area contributed by atoms with E-state index in [4.69, 9.17) is 32.7 Å². The van der Waals surface area contributed by atoms with Gasteiger partial charge in [-0.2, -0.15) is 0 Å². The van der Waals surface area contributed by atoms with E-state index in [0.717, 1.165) is 18.7 Å². The van der Waals surface area contributed by atoms with Crippen LogP contribution in [0, 0.1) is 0 Å². The molecule has 1 unspecified atom stereocenters. The molecule has 1 atom stereocenters. The first-order valence-electron chi connectivity index (χ1n) is 5.74. The molecule has 0 fully saturated rings. The Hall–Kier alpha value is 0.0600. The maximum absolute atomic E-state index is 6.55. The van der Waals surface area contributed by atoms with Crippen LogP contribution in [0.4, 0.5) is 0 Å². The third-order valence-electron chi connectivity index (χ3n) is 2.85. The van der Waals surface area contributed by atoms with Crippen LogP contribution in [0.2, 0.25) is 5.02 Å². The minimum atomic E-state index is -0.328. The third-order valence-corrected chi connectivity index (χ3v) is 7.10. The van der Waals surface area contributed by atoms with E-state index in [-0.39, 0.29) is 5.38 Å². The van der Waals surface area contributed by atoms with Gasteiger partial charge in [-0.25, -0.2) is 0 Å². The van der Waals surface area contributed by atoms with Gasteiger partial charge >= 0.3 is 0 Å². The summed E-state index contributed by atoms with van der Waals surface area (Å²) in [6, 6.07) is 5.61. The van der Waals surface area contributed by atoms with Crippen LogP contribution in [0.3, 0.4) is 0 Å². The highest BCUT2D eigenvalue weighted by Crippen LogP contribution is 2.45. The number of benzene rings is 1. The normalized spacial score (nSPS) is 15.2. The number of fused-ring (bicyclic) bond motifs is 1. The Morgan fingerprint density at radius 1 is 1.10 bits per heavy atom. The molecule has 106 valence electrons. The Labute approximate surface area is 147 Å². The zero-order valence-corrected chi connectivity index (χ0v) is 15.5. The number of hydrogen-bond donors (Lipinski definition) is 0. The molecular weight excluding hydrogens is 451 g/mol. The quantitative estimate of drug-likeness (QED) is 0.512. The van der Waals surface area contributed by atoms with E-state index in [1.165, 1.54) is 0 Å². The first-order chi connectivity index (χ1) is 9.56. The predicted octanol–water partition coefficient (Wildman–Crippen LogP) is 6.03. The molecule has 3 rings (SSSR count). The maximum Gasteiger partial charge on any atom is 0.162 e. The molecule has 0 bridgehead atoms. The molecular formula is C13H8Br2Cl2O2S. The smallest absolute Gasteiger partial charge is 0.162 e. The Bertz CT molecular complexity index is 641. The highest BCUT2D eigenvalue weighted by Gasteiger charge is 2.22. The largest absolute Gasteiger partial charge is 0.486 e. The first-order valence-corrected chi connectivity index (χ1v) is 8.96. The lowest BCUT2D eigenvalue weighted by atomic mass is 10.1. The monoisotopic (exact) mass is 456 g/mol. The number of thiophene rings is 1. The summed E-state index contributed by atoms with van der Waals surface area (Å²) in [5.74, 6) is 1.36. The Balaban J connectivity index is 2.00. The lowest BCUT2D eigenvalue weighted by Crippen LogP contribution is -2.15. The van der Waals surface area contributed by atoms with Crippen LogP contribution in [0.5, 0.6) is 11.5 Å². The lowest BCUT2D eigenvalue weighted by molar-refractivity contribution is 0.171. The van der Waals surface area contributed by atoms with Crippen molar-refractivity contribution in [3.05, 3.63) is 41.9 Å². The number of alkyl halides is 1. The van der Waals surface area contributed by atoms with Crippen molar-refractivity contribution in [3.8, 4) is 11.5 Å². The Kier molecular flexibility index (Phi) is 4.53. The van der Waals surface area contributed by atoms with Crippen LogP contribution < -0.4 is 9.47 Å². The van der Waals surface area contributed by atoms with Crippen LogP contribution in [0.15, 0.2) is 26.5 Å². The van der Waals surface area contributed by atoms with Gasteiger partial charge in [-0.05, 0) is 49.6 Å². The summed E-state index contributed by atoms with van der Waals surface area (Å²) in [6.45, 7) is 1.08. The number of halogens is 4. The lowest BCUT2D eigenvalue weighted by Gasteiger charge is -2.21. The van der Waals surface area contributed by atoms with E-state index in [1.54, 1.807) is 17.4 Å². The molecule has 7 heteroatoms.